The van der Waals surface area contributed by atoms with Crippen LogP contribution in [0.2, 0.25) is 0 Å². The van der Waals surface area contributed by atoms with E-state index in [2.05, 4.69) is 9.97 Å². The highest BCUT2D eigenvalue weighted by molar-refractivity contribution is 5.93. The fraction of sp³-hybridized carbons (Fsp3) is 0.500. The maximum absolute atomic E-state index is 9.26. The Kier molecular flexibility index (Phi) is 3.50. The van der Waals surface area contributed by atoms with Crippen LogP contribution < -0.4 is 10.6 Å². The molecule has 1 atom stereocenters. The third-order valence-electron chi connectivity index (χ3n) is 2.61. The molecule has 0 amide bonds. The maximum Gasteiger partial charge on any atom is 0.226 e. The largest absolute Gasteiger partial charge is 0.394 e. The zero-order valence-corrected chi connectivity index (χ0v) is 9.33. The van der Waals surface area contributed by atoms with Gasteiger partial charge in [0.15, 0.2) is 0 Å². The molecule has 1 aliphatic heterocycles. The fourth-order valence-corrected chi connectivity index (χ4v) is 1.71. The van der Waals surface area contributed by atoms with E-state index in [9.17, 15) is 5.11 Å². The molecule has 0 bridgehead atoms. The lowest BCUT2D eigenvalue weighted by Gasteiger charge is -2.34. The molecule has 1 aliphatic rings. The van der Waals surface area contributed by atoms with E-state index in [1.54, 1.807) is 12.3 Å². The number of nitrogens with two attached hydrogens (primary N) is 1. The Morgan fingerprint density at radius 2 is 2.53 bits per heavy atom. The van der Waals surface area contributed by atoms with Crippen molar-refractivity contribution in [2.75, 3.05) is 31.3 Å². The number of ether oxygens (including phenoxy) is 1. The van der Waals surface area contributed by atoms with Crippen molar-refractivity contribution in [1.29, 1.82) is 5.41 Å². The third-order valence-corrected chi connectivity index (χ3v) is 2.61. The average Bonchev–Trinajstić information content (AvgIpc) is 2.39. The van der Waals surface area contributed by atoms with E-state index in [4.69, 9.17) is 15.9 Å². The Hall–Kier alpha value is -1.73. The van der Waals surface area contributed by atoms with Crippen LogP contribution in [0, 0.1) is 5.41 Å². The summed E-state index contributed by atoms with van der Waals surface area (Å²) >= 11 is 0. The maximum atomic E-state index is 9.26. The molecule has 1 fully saturated rings. The highest BCUT2D eigenvalue weighted by Gasteiger charge is 2.24. The van der Waals surface area contributed by atoms with Crippen LogP contribution in [0.1, 0.15) is 5.69 Å². The molecule has 17 heavy (non-hydrogen) atoms. The number of hydrogen-bond donors (Lipinski definition) is 3. The summed E-state index contributed by atoms with van der Waals surface area (Å²) in [7, 11) is 0. The van der Waals surface area contributed by atoms with Crippen LogP contribution in [0.4, 0.5) is 5.95 Å². The summed E-state index contributed by atoms with van der Waals surface area (Å²) < 4.78 is 5.28. The van der Waals surface area contributed by atoms with E-state index in [1.165, 1.54) is 0 Å². The molecule has 1 saturated heterocycles. The minimum Gasteiger partial charge on any atom is -0.394 e. The van der Waals surface area contributed by atoms with Gasteiger partial charge in [-0.3, -0.25) is 5.41 Å². The SMILES string of the molecule is N=C(N)c1ccnc(N2CCOCC2CO)n1. The minimum absolute atomic E-state index is 0.0202. The summed E-state index contributed by atoms with van der Waals surface area (Å²) in [6.07, 6.45) is 1.56. The fourth-order valence-electron chi connectivity index (χ4n) is 1.71. The summed E-state index contributed by atoms with van der Waals surface area (Å²) in [6.45, 7) is 1.62. The standard InChI is InChI=1S/C10H15N5O2/c11-9(12)8-1-2-13-10(14-8)15-3-4-17-6-7(15)5-16/h1-2,7,16H,3-6H2,(H3,11,12). The van der Waals surface area contributed by atoms with E-state index in [-0.39, 0.29) is 18.5 Å². The molecule has 0 aromatic carbocycles. The van der Waals surface area contributed by atoms with Crippen molar-refractivity contribution >= 4 is 11.8 Å². The number of anilines is 1. The third kappa shape index (κ3) is 2.51. The van der Waals surface area contributed by atoms with Gasteiger partial charge in [0.2, 0.25) is 5.95 Å². The van der Waals surface area contributed by atoms with Crippen molar-refractivity contribution in [3.05, 3.63) is 18.0 Å². The van der Waals surface area contributed by atoms with Crippen molar-refractivity contribution in [2.45, 2.75) is 6.04 Å². The van der Waals surface area contributed by atoms with E-state index in [0.717, 1.165) is 0 Å². The van der Waals surface area contributed by atoms with E-state index < -0.39 is 0 Å². The monoisotopic (exact) mass is 237 g/mol. The molecule has 7 heteroatoms. The Morgan fingerprint density at radius 1 is 1.71 bits per heavy atom. The van der Waals surface area contributed by atoms with Gasteiger partial charge in [0.25, 0.3) is 0 Å². The van der Waals surface area contributed by atoms with Crippen LogP contribution >= 0.6 is 0 Å². The second kappa shape index (κ2) is 5.07. The molecule has 1 aromatic rings. The number of hydrogen-bond acceptors (Lipinski definition) is 6. The topological polar surface area (TPSA) is 108 Å². The van der Waals surface area contributed by atoms with Gasteiger partial charge >= 0.3 is 0 Å². The lowest BCUT2D eigenvalue weighted by Crippen LogP contribution is -2.48. The first kappa shape index (κ1) is 11.7. The van der Waals surface area contributed by atoms with Gasteiger partial charge in [-0.15, -0.1) is 0 Å². The number of nitrogens with zero attached hydrogens (tertiary/aromatic N) is 3. The summed E-state index contributed by atoms with van der Waals surface area (Å²) in [6, 6.07) is 1.44. The van der Waals surface area contributed by atoms with Crippen molar-refractivity contribution in [2.24, 2.45) is 5.73 Å². The van der Waals surface area contributed by atoms with Gasteiger partial charge in [-0.2, -0.15) is 0 Å². The molecule has 0 spiro atoms. The summed E-state index contributed by atoms with van der Waals surface area (Å²) in [5.74, 6) is 0.377. The predicted octanol–water partition coefficient (Wildman–Crippen LogP) is -1.04. The highest BCUT2D eigenvalue weighted by atomic mass is 16.5. The summed E-state index contributed by atoms with van der Waals surface area (Å²) in [4.78, 5) is 10.2. The smallest absolute Gasteiger partial charge is 0.226 e. The van der Waals surface area contributed by atoms with Crippen molar-refractivity contribution < 1.29 is 9.84 Å². The number of amidine groups is 1. The molecule has 0 saturated carbocycles. The average molecular weight is 237 g/mol. The van der Waals surface area contributed by atoms with Gasteiger partial charge in [0.05, 0.1) is 25.9 Å². The zero-order valence-electron chi connectivity index (χ0n) is 9.33. The van der Waals surface area contributed by atoms with Crippen LogP contribution in [0.15, 0.2) is 12.3 Å². The number of nitrogens with one attached hydrogen (secondary N) is 1. The Labute approximate surface area is 98.7 Å². The van der Waals surface area contributed by atoms with Crippen LogP contribution in [0.3, 0.4) is 0 Å². The second-order valence-corrected chi connectivity index (χ2v) is 3.76. The van der Waals surface area contributed by atoms with Gasteiger partial charge in [-0.25, -0.2) is 9.97 Å². The zero-order chi connectivity index (χ0) is 12.3. The lowest BCUT2D eigenvalue weighted by atomic mass is 10.2. The van der Waals surface area contributed by atoms with E-state index >= 15 is 0 Å². The molecule has 0 radical (unpaired) electrons. The van der Waals surface area contributed by atoms with Gasteiger partial charge < -0.3 is 20.5 Å². The number of nitrogen functional groups attached to an aromatic ring is 1. The Balaban J connectivity index is 2.25. The molecule has 2 heterocycles. The number of aliphatic hydroxyl groups excluding tert-OH is 1. The molecular formula is C10H15N5O2. The first-order chi connectivity index (χ1) is 8.22. The molecule has 1 unspecified atom stereocenters. The molecule has 0 aliphatic carbocycles. The molecule has 2 rings (SSSR count). The van der Waals surface area contributed by atoms with Crippen LogP contribution in [0.25, 0.3) is 0 Å². The van der Waals surface area contributed by atoms with Gasteiger partial charge in [-0.1, -0.05) is 0 Å². The number of aromatic nitrogens is 2. The molecule has 7 nitrogen and oxygen atoms in total. The second-order valence-electron chi connectivity index (χ2n) is 3.76. The van der Waals surface area contributed by atoms with E-state index in [1.807, 2.05) is 4.90 Å². The first-order valence-corrected chi connectivity index (χ1v) is 5.35. The number of aliphatic hydroxyl groups is 1. The number of rotatable bonds is 3. The van der Waals surface area contributed by atoms with Crippen LogP contribution in [-0.2, 0) is 4.74 Å². The van der Waals surface area contributed by atoms with E-state index in [0.29, 0.717) is 31.4 Å². The van der Waals surface area contributed by atoms with Crippen LogP contribution in [0.5, 0.6) is 0 Å². The molecule has 4 N–H and O–H groups in total. The lowest BCUT2D eigenvalue weighted by molar-refractivity contribution is 0.0718. The normalized spacial score (nSPS) is 20.3. The summed E-state index contributed by atoms with van der Waals surface area (Å²) in [5, 5.41) is 16.6. The van der Waals surface area contributed by atoms with Gasteiger partial charge in [-0.05, 0) is 6.07 Å². The molecule has 92 valence electrons. The number of morpholine rings is 1. The predicted molar refractivity (Wildman–Crippen MR) is 62.1 cm³/mol. The van der Waals surface area contributed by atoms with Crippen LogP contribution in [-0.4, -0.2) is 53.3 Å². The Morgan fingerprint density at radius 3 is 3.24 bits per heavy atom. The van der Waals surface area contributed by atoms with Gasteiger partial charge in [0, 0.05) is 12.7 Å². The minimum atomic E-state index is -0.147. The molecule has 1 aromatic heterocycles. The quantitative estimate of drug-likeness (QED) is 0.457. The van der Waals surface area contributed by atoms with Crippen molar-refractivity contribution in [1.82, 2.24) is 9.97 Å². The van der Waals surface area contributed by atoms with Crippen molar-refractivity contribution in [3.63, 3.8) is 0 Å². The van der Waals surface area contributed by atoms with Crippen molar-refractivity contribution in [3.8, 4) is 0 Å². The first-order valence-electron chi connectivity index (χ1n) is 5.35. The van der Waals surface area contributed by atoms with Gasteiger partial charge in [0.1, 0.15) is 11.5 Å². The summed E-state index contributed by atoms with van der Waals surface area (Å²) in [5.41, 5.74) is 5.77. The Bertz CT molecular complexity index is 411. The highest BCUT2D eigenvalue weighted by Crippen LogP contribution is 2.14. The molecular weight excluding hydrogens is 222 g/mol.